The second-order valence-corrected chi connectivity index (χ2v) is 5.22. The van der Waals surface area contributed by atoms with Gasteiger partial charge in [0.15, 0.2) is 0 Å². The summed E-state index contributed by atoms with van der Waals surface area (Å²) in [5, 5.41) is 28.4. The summed E-state index contributed by atoms with van der Waals surface area (Å²) < 4.78 is 10.8. The van der Waals surface area contributed by atoms with Gasteiger partial charge in [0, 0.05) is 6.61 Å². The van der Waals surface area contributed by atoms with Crippen LogP contribution in [0.5, 0.6) is 0 Å². The van der Waals surface area contributed by atoms with Crippen molar-refractivity contribution in [1.29, 1.82) is 0 Å². The first-order valence-electron chi connectivity index (χ1n) is 7.40. The van der Waals surface area contributed by atoms with Crippen molar-refractivity contribution in [1.82, 2.24) is 0 Å². The highest BCUT2D eigenvalue weighted by Crippen LogP contribution is 2.19. The van der Waals surface area contributed by atoms with Crippen molar-refractivity contribution in [3.8, 4) is 0 Å². The number of hydrogen-bond donors (Lipinski definition) is 3. The highest BCUT2D eigenvalue weighted by molar-refractivity contribution is 4.88. The van der Waals surface area contributed by atoms with Crippen LogP contribution in [0.2, 0.25) is 0 Å². The fourth-order valence-electron chi connectivity index (χ4n) is 2.32. The predicted molar refractivity (Wildman–Crippen MR) is 72.0 cm³/mol. The maximum atomic E-state index is 9.69. The second kappa shape index (κ2) is 9.66. The monoisotopic (exact) mass is 276 g/mol. The minimum atomic E-state index is -0.971. The van der Waals surface area contributed by atoms with E-state index in [0.29, 0.717) is 6.61 Å². The molecule has 5 heteroatoms. The van der Waals surface area contributed by atoms with Crippen LogP contribution in [0.25, 0.3) is 0 Å². The maximum Gasteiger partial charge on any atom is 0.114 e. The number of unbranched alkanes of at least 4 members (excludes halogenated alkanes) is 5. The van der Waals surface area contributed by atoms with Crippen LogP contribution in [-0.4, -0.2) is 59.6 Å². The Morgan fingerprint density at radius 2 is 1.84 bits per heavy atom. The van der Waals surface area contributed by atoms with Crippen LogP contribution >= 0.6 is 0 Å². The number of hydrogen-bond acceptors (Lipinski definition) is 5. The highest BCUT2D eigenvalue weighted by atomic mass is 16.6. The Morgan fingerprint density at radius 3 is 2.42 bits per heavy atom. The van der Waals surface area contributed by atoms with Gasteiger partial charge < -0.3 is 24.8 Å². The molecule has 3 N–H and O–H groups in total. The van der Waals surface area contributed by atoms with Crippen molar-refractivity contribution in [2.75, 3.05) is 19.8 Å². The molecule has 1 heterocycles. The molecule has 0 aliphatic carbocycles. The summed E-state index contributed by atoms with van der Waals surface area (Å²) in [6.07, 6.45) is 4.03. The van der Waals surface area contributed by atoms with Crippen LogP contribution in [0, 0.1) is 0 Å². The average molecular weight is 276 g/mol. The largest absolute Gasteiger partial charge is 0.394 e. The molecular formula is C14H28O5. The van der Waals surface area contributed by atoms with Crippen molar-refractivity contribution in [3.63, 3.8) is 0 Å². The molecule has 1 saturated heterocycles. The molecule has 0 unspecified atom stereocenters. The molecular weight excluding hydrogens is 248 g/mol. The zero-order valence-electron chi connectivity index (χ0n) is 11.8. The Morgan fingerprint density at radius 1 is 1.16 bits per heavy atom. The van der Waals surface area contributed by atoms with Crippen molar-refractivity contribution in [3.05, 3.63) is 0 Å². The third-order valence-electron chi connectivity index (χ3n) is 3.57. The first-order valence-corrected chi connectivity index (χ1v) is 7.40. The molecule has 0 spiro atoms. The van der Waals surface area contributed by atoms with E-state index in [-0.39, 0.29) is 13.2 Å². The Balaban J connectivity index is 2.12. The molecule has 1 aliphatic heterocycles. The van der Waals surface area contributed by atoms with Crippen LogP contribution < -0.4 is 0 Å². The van der Waals surface area contributed by atoms with E-state index in [4.69, 9.17) is 9.47 Å². The minimum Gasteiger partial charge on any atom is -0.394 e. The van der Waals surface area contributed by atoms with Crippen molar-refractivity contribution in [2.45, 2.75) is 69.9 Å². The lowest BCUT2D eigenvalue weighted by Gasteiger charge is -2.24. The summed E-state index contributed by atoms with van der Waals surface area (Å²) in [5.74, 6) is 0. The van der Waals surface area contributed by atoms with Crippen LogP contribution in [0.15, 0.2) is 0 Å². The van der Waals surface area contributed by atoms with Gasteiger partial charge in [-0.2, -0.15) is 0 Å². The Hall–Kier alpha value is -0.200. The molecule has 0 saturated carbocycles. The molecule has 5 nitrogen and oxygen atoms in total. The highest BCUT2D eigenvalue weighted by Gasteiger charge is 2.40. The smallest absolute Gasteiger partial charge is 0.114 e. The van der Waals surface area contributed by atoms with Crippen molar-refractivity contribution in [2.24, 2.45) is 0 Å². The second-order valence-electron chi connectivity index (χ2n) is 5.22. The van der Waals surface area contributed by atoms with Gasteiger partial charge in [0.25, 0.3) is 0 Å². The Bertz CT molecular complexity index is 224. The summed E-state index contributed by atoms with van der Waals surface area (Å²) in [6.45, 7) is 2.64. The fraction of sp³-hybridized carbons (Fsp3) is 1.00. The van der Waals surface area contributed by atoms with Crippen molar-refractivity contribution < 1.29 is 24.8 Å². The summed E-state index contributed by atoms with van der Waals surface area (Å²) in [6, 6.07) is 0. The zero-order chi connectivity index (χ0) is 14.1. The number of ether oxygens (including phenoxy) is 2. The summed E-state index contributed by atoms with van der Waals surface area (Å²) >= 11 is 0. The Kier molecular flexibility index (Phi) is 8.57. The molecule has 1 fully saturated rings. The van der Waals surface area contributed by atoms with E-state index in [1.807, 2.05) is 0 Å². The first-order chi connectivity index (χ1) is 9.20. The van der Waals surface area contributed by atoms with E-state index in [0.717, 1.165) is 12.8 Å². The summed E-state index contributed by atoms with van der Waals surface area (Å²) in [7, 11) is 0. The standard InChI is InChI=1S/C14H28O5/c1-2-3-4-5-6-7-8-18-12(9-15)14-13(17)11(16)10-19-14/h11-17H,2-10H2,1H3/t11-,12+,13+,14+/m0/s1. The molecule has 4 atom stereocenters. The molecule has 0 amide bonds. The quantitative estimate of drug-likeness (QED) is 0.515. The van der Waals surface area contributed by atoms with Gasteiger partial charge in [0.1, 0.15) is 24.4 Å². The SMILES string of the molecule is CCCCCCCCO[C@H](CO)[C@H]1OC[C@H](O)[C@H]1O. The lowest BCUT2D eigenvalue weighted by molar-refractivity contribution is -0.101. The van der Waals surface area contributed by atoms with Gasteiger partial charge in [-0.3, -0.25) is 0 Å². The first kappa shape index (κ1) is 16.9. The van der Waals surface area contributed by atoms with Gasteiger partial charge in [-0.05, 0) is 6.42 Å². The van der Waals surface area contributed by atoms with Crippen LogP contribution in [0.1, 0.15) is 45.4 Å². The fourth-order valence-corrected chi connectivity index (χ4v) is 2.32. The lowest BCUT2D eigenvalue weighted by atomic mass is 10.1. The van der Waals surface area contributed by atoms with E-state index in [9.17, 15) is 15.3 Å². The van der Waals surface area contributed by atoms with Crippen LogP contribution in [-0.2, 0) is 9.47 Å². The van der Waals surface area contributed by atoms with E-state index >= 15 is 0 Å². The van der Waals surface area contributed by atoms with Gasteiger partial charge >= 0.3 is 0 Å². The average Bonchev–Trinajstić information content (AvgIpc) is 2.74. The molecule has 0 aromatic rings. The molecule has 0 radical (unpaired) electrons. The molecule has 0 bridgehead atoms. The normalized spacial score (nSPS) is 28.7. The number of aliphatic hydroxyl groups excluding tert-OH is 3. The third-order valence-corrected chi connectivity index (χ3v) is 3.57. The van der Waals surface area contributed by atoms with Gasteiger partial charge in [0.05, 0.1) is 13.2 Å². The molecule has 1 rings (SSSR count). The van der Waals surface area contributed by atoms with Gasteiger partial charge in [-0.25, -0.2) is 0 Å². The summed E-state index contributed by atoms with van der Waals surface area (Å²) in [5.41, 5.74) is 0. The zero-order valence-corrected chi connectivity index (χ0v) is 11.8. The molecule has 0 aromatic heterocycles. The van der Waals surface area contributed by atoms with Gasteiger partial charge in [-0.15, -0.1) is 0 Å². The predicted octanol–water partition coefficient (Wildman–Crippen LogP) is 0.845. The van der Waals surface area contributed by atoms with Crippen molar-refractivity contribution >= 4 is 0 Å². The van der Waals surface area contributed by atoms with E-state index < -0.39 is 24.4 Å². The van der Waals surface area contributed by atoms with E-state index in [2.05, 4.69) is 6.92 Å². The molecule has 0 aromatic carbocycles. The molecule has 1 aliphatic rings. The van der Waals surface area contributed by atoms with E-state index in [1.165, 1.54) is 25.7 Å². The minimum absolute atomic E-state index is 0.0999. The summed E-state index contributed by atoms with van der Waals surface area (Å²) in [4.78, 5) is 0. The van der Waals surface area contributed by atoms with Gasteiger partial charge in [-0.1, -0.05) is 39.0 Å². The van der Waals surface area contributed by atoms with Crippen LogP contribution in [0.4, 0.5) is 0 Å². The Labute approximate surface area is 115 Å². The maximum absolute atomic E-state index is 9.69. The number of aliphatic hydroxyl groups is 3. The van der Waals surface area contributed by atoms with Gasteiger partial charge in [0.2, 0.25) is 0 Å². The number of rotatable bonds is 10. The van der Waals surface area contributed by atoms with Crippen LogP contribution in [0.3, 0.4) is 0 Å². The molecule has 114 valence electrons. The third kappa shape index (κ3) is 5.75. The van der Waals surface area contributed by atoms with E-state index in [1.54, 1.807) is 0 Å². The molecule has 19 heavy (non-hydrogen) atoms. The lowest BCUT2D eigenvalue weighted by Crippen LogP contribution is -2.42. The topological polar surface area (TPSA) is 79.2 Å².